The highest BCUT2D eigenvalue weighted by Crippen LogP contribution is 2.18. The van der Waals surface area contributed by atoms with Gasteiger partial charge in [0.25, 0.3) is 0 Å². The van der Waals surface area contributed by atoms with Crippen LogP contribution in [0.3, 0.4) is 0 Å². The Bertz CT molecular complexity index is 216. The molecule has 2 heteroatoms. The SMILES string of the molecule is [c]1ccnc(CNC2CC2)c1. The fourth-order valence-corrected chi connectivity index (χ4v) is 0.991. The van der Waals surface area contributed by atoms with Crippen LogP contribution in [0.1, 0.15) is 18.5 Å². The minimum atomic E-state index is 0.761. The molecule has 1 heterocycles. The molecule has 57 valence electrons. The monoisotopic (exact) mass is 147 g/mol. The zero-order valence-electron chi connectivity index (χ0n) is 6.38. The quantitative estimate of drug-likeness (QED) is 0.693. The van der Waals surface area contributed by atoms with Gasteiger partial charge in [-0.3, -0.25) is 4.98 Å². The average molecular weight is 147 g/mol. The maximum Gasteiger partial charge on any atom is 0.0547 e. The van der Waals surface area contributed by atoms with Crippen LogP contribution in [-0.4, -0.2) is 11.0 Å². The summed E-state index contributed by atoms with van der Waals surface area (Å²) in [6.07, 6.45) is 4.44. The highest BCUT2D eigenvalue weighted by atomic mass is 15.0. The van der Waals surface area contributed by atoms with Gasteiger partial charge in [0.2, 0.25) is 0 Å². The van der Waals surface area contributed by atoms with Gasteiger partial charge >= 0.3 is 0 Å². The normalized spacial score (nSPS) is 16.7. The Hall–Kier alpha value is -0.890. The Morgan fingerprint density at radius 3 is 3.18 bits per heavy atom. The maximum absolute atomic E-state index is 4.18. The summed E-state index contributed by atoms with van der Waals surface area (Å²) in [6, 6.07) is 7.51. The van der Waals surface area contributed by atoms with E-state index in [9.17, 15) is 0 Å². The molecule has 0 aliphatic heterocycles. The van der Waals surface area contributed by atoms with Gasteiger partial charge in [-0.1, -0.05) is 0 Å². The predicted molar refractivity (Wildman–Crippen MR) is 42.9 cm³/mol. The van der Waals surface area contributed by atoms with Crippen molar-refractivity contribution in [2.75, 3.05) is 0 Å². The summed E-state index contributed by atoms with van der Waals surface area (Å²) in [6.45, 7) is 0.891. The van der Waals surface area contributed by atoms with Crippen molar-refractivity contribution >= 4 is 0 Å². The number of hydrogen-bond donors (Lipinski definition) is 1. The molecule has 0 amide bonds. The molecule has 1 aliphatic carbocycles. The van der Waals surface area contributed by atoms with E-state index in [0.29, 0.717) is 0 Å². The maximum atomic E-state index is 4.18. The van der Waals surface area contributed by atoms with Crippen molar-refractivity contribution in [1.29, 1.82) is 0 Å². The van der Waals surface area contributed by atoms with Crippen LogP contribution in [-0.2, 0) is 6.54 Å². The van der Waals surface area contributed by atoms with Gasteiger partial charge < -0.3 is 5.32 Å². The van der Waals surface area contributed by atoms with Crippen LogP contribution in [0.4, 0.5) is 0 Å². The zero-order valence-corrected chi connectivity index (χ0v) is 6.38. The van der Waals surface area contributed by atoms with Gasteiger partial charge in [0.05, 0.1) is 5.69 Å². The zero-order chi connectivity index (χ0) is 7.52. The molecule has 1 radical (unpaired) electrons. The molecular formula is C9H11N2. The van der Waals surface area contributed by atoms with Crippen LogP contribution in [0.25, 0.3) is 0 Å². The van der Waals surface area contributed by atoms with Gasteiger partial charge in [0.1, 0.15) is 0 Å². The molecule has 1 saturated carbocycles. The minimum absolute atomic E-state index is 0.761. The Labute approximate surface area is 66.7 Å². The van der Waals surface area contributed by atoms with Crippen LogP contribution < -0.4 is 5.32 Å². The van der Waals surface area contributed by atoms with Gasteiger partial charge in [-0.15, -0.1) is 0 Å². The standard InChI is InChI=1S/C9H11N2/c1-2-6-10-9(3-1)7-11-8-4-5-8/h2-3,6,8,11H,4-5,7H2. The first-order valence-corrected chi connectivity index (χ1v) is 3.99. The third-order valence-corrected chi connectivity index (χ3v) is 1.81. The van der Waals surface area contributed by atoms with Crippen molar-refractivity contribution in [2.45, 2.75) is 25.4 Å². The smallest absolute Gasteiger partial charge is 0.0547 e. The number of nitrogens with one attached hydrogen (secondary N) is 1. The fraction of sp³-hybridized carbons (Fsp3) is 0.444. The number of hydrogen-bond acceptors (Lipinski definition) is 2. The van der Waals surface area contributed by atoms with Crippen molar-refractivity contribution in [3.05, 3.63) is 30.1 Å². The summed E-state index contributed by atoms with van der Waals surface area (Å²) < 4.78 is 0. The highest BCUT2D eigenvalue weighted by Gasteiger charge is 2.19. The van der Waals surface area contributed by atoms with E-state index in [1.54, 1.807) is 6.20 Å². The summed E-state index contributed by atoms with van der Waals surface area (Å²) in [7, 11) is 0. The third-order valence-electron chi connectivity index (χ3n) is 1.81. The van der Waals surface area contributed by atoms with E-state index in [-0.39, 0.29) is 0 Å². The van der Waals surface area contributed by atoms with E-state index < -0.39 is 0 Å². The van der Waals surface area contributed by atoms with E-state index in [1.165, 1.54) is 12.8 Å². The van der Waals surface area contributed by atoms with Crippen LogP contribution in [0.2, 0.25) is 0 Å². The van der Waals surface area contributed by atoms with Crippen LogP contribution >= 0.6 is 0 Å². The average Bonchev–Trinajstić information content (AvgIpc) is 2.86. The first kappa shape index (κ1) is 6.80. The molecule has 11 heavy (non-hydrogen) atoms. The van der Waals surface area contributed by atoms with Gasteiger partial charge in [-0.25, -0.2) is 0 Å². The van der Waals surface area contributed by atoms with E-state index in [4.69, 9.17) is 0 Å². The molecule has 0 aromatic carbocycles. The van der Waals surface area contributed by atoms with Crippen LogP contribution in [0.15, 0.2) is 18.3 Å². The minimum Gasteiger partial charge on any atom is -0.308 e. The van der Waals surface area contributed by atoms with E-state index >= 15 is 0 Å². The second-order valence-corrected chi connectivity index (χ2v) is 2.90. The molecule has 0 spiro atoms. The van der Waals surface area contributed by atoms with Gasteiger partial charge in [-0.2, -0.15) is 0 Å². The van der Waals surface area contributed by atoms with Gasteiger partial charge in [-0.05, 0) is 31.0 Å². The second kappa shape index (κ2) is 3.01. The Kier molecular flexibility index (Phi) is 1.86. The lowest BCUT2D eigenvalue weighted by Gasteiger charge is -1.99. The van der Waals surface area contributed by atoms with Crippen molar-refractivity contribution in [1.82, 2.24) is 10.3 Å². The van der Waals surface area contributed by atoms with Crippen molar-refractivity contribution in [3.63, 3.8) is 0 Å². The molecule has 1 N–H and O–H groups in total. The molecule has 0 saturated heterocycles. The summed E-state index contributed by atoms with van der Waals surface area (Å²) in [5, 5.41) is 3.39. The second-order valence-electron chi connectivity index (χ2n) is 2.90. The Balaban J connectivity index is 1.85. The summed E-state index contributed by atoms with van der Waals surface area (Å²) in [5.41, 5.74) is 1.08. The van der Waals surface area contributed by atoms with E-state index in [1.807, 2.05) is 12.1 Å². The number of rotatable bonds is 3. The number of nitrogens with zero attached hydrogens (tertiary/aromatic N) is 1. The van der Waals surface area contributed by atoms with Gasteiger partial charge in [0.15, 0.2) is 0 Å². The Morgan fingerprint density at radius 2 is 2.55 bits per heavy atom. The summed E-state index contributed by atoms with van der Waals surface area (Å²) in [4.78, 5) is 4.18. The first-order chi connectivity index (χ1) is 5.45. The lowest BCUT2D eigenvalue weighted by molar-refractivity contribution is 0.674. The molecule has 0 unspecified atom stereocenters. The lowest BCUT2D eigenvalue weighted by Crippen LogP contribution is -2.15. The summed E-state index contributed by atoms with van der Waals surface area (Å²) in [5.74, 6) is 0. The topological polar surface area (TPSA) is 24.9 Å². The fourth-order valence-electron chi connectivity index (χ4n) is 0.991. The predicted octanol–water partition coefficient (Wildman–Crippen LogP) is 1.13. The lowest BCUT2D eigenvalue weighted by atomic mass is 10.3. The van der Waals surface area contributed by atoms with E-state index in [0.717, 1.165) is 18.3 Å². The number of pyridine rings is 1. The molecule has 0 bridgehead atoms. The highest BCUT2D eigenvalue weighted by molar-refractivity contribution is 5.02. The third kappa shape index (κ3) is 2.02. The molecule has 1 fully saturated rings. The molecule has 2 nitrogen and oxygen atoms in total. The molecule has 1 aromatic rings. The summed E-state index contributed by atoms with van der Waals surface area (Å²) >= 11 is 0. The first-order valence-electron chi connectivity index (χ1n) is 3.99. The van der Waals surface area contributed by atoms with Crippen molar-refractivity contribution in [3.8, 4) is 0 Å². The van der Waals surface area contributed by atoms with Crippen molar-refractivity contribution < 1.29 is 0 Å². The number of aromatic nitrogens is 1. The molecule has 1 aliphatic rings. The van der Waals surface area contributed by atoms with Crippen LogP contribution in [0, 0.1) is 6.07 Å². The van der Waals surface area contributed by atoms with E-state index in [2.05, 4.69) is 16.4 Å². The molecule has 1 aromatic heterocycles. The largest absolute Gasteiger partial charge is 0.308 e. The molecule has 0 atom stereocenters. The van der Waals surface area contributed by atoms with Crippen molar-refractivity contribution in [2.24, 2.45) is 0 Å². The Morgan fingerprint density at radius 1 is 1.64 bits per heavy atom. The van der Waals surface area contributed by atoms with Crippen LogP contribution in [0.5, 0.6) is 0 Å². The molecular weight excluding hydrogens is 136 g/mol. The molecule has 2 rings (SSSR count). The van der Waals surface area contributed by atoms with Gasteiger partial charge in [0, 0.05) is 18.8 Å².